The van der Waals surface area contributed by atoms with Crippen LogP contribution in [0.15, 0.2) is 22.8 Å². The minimum atomic E-state index is -0.133. The van der Waals surface area contributed by atoms with E-state index in [9.17, 15) is 5.11 Å². The quantitative estimate of drug-likeness (QED) is 0.815. The van der Waals surface area contributed by atoms with Gasteiger partial charge in [-0.05, 0) is 25.5 Å². The molecule has 0 aromatic carbocycles. The molecular weight excluding hydrogens is 230 g/mol. The van der Waals surface area contributed by atoms with E-state index in [1.807, 2.05) is 19.1 Å². The monoisotopic (exact) mass is 253 g/mol. The van der Waals surface area contributed by atoms with E-state index in [0.717, 1.165) is 18.8 Å². The molecule has 4 nitrogen and oxygen atoms in total. The third-order valence-corrected chi connectivity index (χ3v) is 4.02. The number of aliphatic hydroxyl groups excluding tert-OH is 1. The Bertz CT molecular complexity index is 361. The largest absolute Gasteiger partial charge is 0.468 e. The van der Waals surface area contributed by atoms with Gasteiger partial charge in [-0.2, -0.15) is 0 Å². The van der Waals surface area contributed by atoms with E-state index in [4.69, 9.17) is 9.15 Å². The van der Waals surface area contributed by atoms with Crippen LogP contribution >= 0.6 is 0 Å². The summed E-state index contributed by atoms with van der Waals surface area (Å²) >= 11 is 0. The SMILES string of the molecule is CCO[C@@H]1C[C@@H](N[C@H](CO)c2ccco2)C1(C)C. The van der Waals surface area contributed by atoms with Crippen molar-refractivity contribution in [2.24, 2.45) is 5.41 Å². The third kappa shape index (κ3) is 2.46. The summed E-state index contributed by atoms with van der Waals surface area (Å²) in [4.78, 5) is 0. The molecule has 0 bridgehead atoms. The molecule has 0 radical (unpaired) electrons. The maximum atomic E-state index is 9.45. The molecule has 102 valence electrons. The van der Waals surface area contributed by atoms with Gasteiger partial charge in [0.15, 0.2) is 0 Å². The number of aliphatic hydroxyl groups is 1. The topological polar surface area (TPSA) is 54.6 Å². The number of nitrogens with one attached hydrogen (secondary N) is 1. The first-order valence-corrected chi connectivity index (χ1v) is 6.61. The Kier molecular flexibility index (Phi) is 4.10. The maximum Gasteiger partial charge on any atom is 0.123 e. The zero-order valence-electron chi connectivity index (χ0n) is 11.3. The number of ether oxygens (including phenoxy) is 1. The van der Waals surface area contributed by atoms with E-state index in [1.54, 1.807) is 6.26 Å². The molecule has 0 amide bonds. The van der Waals surface area contributed by atoms with Crippen LogP contribution in [-0.4, -0.2) is 30.5 Å². The molecule has 1 saturated carbocycles. The Labute approximate surface area is 108 Å². The van der Waals surface area contributed by atoms with Gasteiger partial charge in [0.05, 0.1) is 25.0 Å². The maximum absolute atomic E-state index is 9.45. The summed E-state index contributed by atoms with van der Waals surface area (Å²) in [5.41, 5.74) is 0.0933. The lowest BCUT2D eigenvalue weighted by Crippen LogP contribution is -2.61. The lowest BCUT2D eigenvalue weighted by Gasteiger charge is -2.52. The van der Waals surface area contributed by atoms with Crippen LogP contribution in [0.1, 0.15) is 39.0 Å². The number of furan rings is 1. The molecule has 1 aliphatic carbocycles. The lowest BCUT2D eigenvalue weighted by atomic mass is 9.64. The predicted molar refractivity (Wildman–Crippen MR) is 69.3 cm³/mol. The van der Waals surface area contributed by atoms with Crippen LogP contribution in [0.5, 0.6) is 0 Å². The summed E-state index contributed by atoms with van der Waals surface area (Å²) in [5, 5.41) is 12.9. The van der Waals surface area contributed by atoms with E-state index in [2.05, 4.69) is 19.2 Å². The minimum absolute atomic E-state index is 0.0411. The molecule has 0 aliphatic heterocycles. The second kappa shape index (κ2) is 5.43. The number of rotatable bonds is 6. The van der Waals surface area contributed by atoms with E-state index in [1.165, 1.54) is 0 Å². The van der Waals surface area contributed by atoms with Crippen molar-refractivity contribution in [2.45, 2.75) is 45.4 Å². The Morgan fingerprint density at radius 1 is 1.61 bits per heavy atom. The smallest absolute Gasteiger partial charge is 0.123 e. The summed E-state index contributed by atoms with van der Waals surface area (Å²) in [7, 11) is 0. The first-order chi connectivity index (χ1) is 8.59. The highest BCUT2D eigenvalue weighted by Crippen LogP contribution is 2.43. The lowest BCUT2D eigenvalue weighted by molar-refractivity contribution is -0.118. The van der Waals surface area contributed by atoms with Crippen molar-refractivity contribution >= 4 is 0 Å². The average Bonchev–Trinajstić information content (AvgIpc) is 2.86. The van der Waals surface area contributed by atoms with Crippen molar-refractivity contribution in [3.63, 3.8) is 0 Å². The van der Waals surface area contributed by atoms with Crippen molar-refractivity contribution in [1.29, 1.82) is 0 Å². The molecule has 1 heterocycles. The summed E-state index contributed by atoms with van der Waals surface area (Å²) in [6.45, 7) is 7.22. The first kappa shape index (κ1) is 13.6. The van der Waals surface area contributed by atoms with Gasteiger partial charge >= 0.3 is 0 Å². The normalized spacial score (nSPS) is 27.8. The van der Waals surface area contributed by atoms with Gasteiger partial charge in [0.25, 0.3) is 0 Å². The Morgan fingerprint density at radius 2 is 2.39 bits per heavy atom. The van der Waals surface area contributed by atoms with Gasteiger partial charge in [-0.15, -0.1) is 0 Å². The Hall–Kier alpha value is -0.840. The highest BCUT2D eigenvalue weighted by atomic mass is 16.5. The average molecular weight is 253 g/mol. The van der Waals surface area contributed by atoms with E-state index in [0.29, 0.717) is 12.1 Å². The van der Waals surface area contributed by atoms with Gasteiger partial charge in [-0.25, -0.2) is 0 Å². The number of hydrogen-bond donors (Lipinski definition) is 2. The van der Waals surface area contributed by atoms with E-state index >= 15 is 0 Å². The molecule has 2 N–H and O–H groups in total. The van der Waals surface area contributed by atoms with Gasteiger partial charge in [-0.3, -0.25) is 0 Å². The summed E-state index contributed by atoms with van der Waals surface area (Å²) in [5.74, 6) is 0.785. The Balaban J connectivity index is 1.94. The zero-order valence-corrected chi connectivity index (χ0v) is 11.3. The molecule has 4 heteroatoms. The molecule has 1 aliphatic rings. The Morgan fingerprint density at radius 3 is 2.89 bits per heavy atom. The van der Waals surface area contributed by atoms with Crippen molar-refractivity contribution in [1.82, 2.24) is 5.32 Å². The molecule has 0 unspecified atom stereocenters. The zero-order chi connectivity index (χ0) is 13.2. The molecule has 18 heavy (non-hydrogen) atoms. The van der Waals surface area contributed by atoms with Crippen LogP contribution in [0.3, 0.4) is 0 Å². The van der Waals surface area contributed by atoms with Crippen molar-refractivity contribution in [3.8, 4) is 0 Å². The van der Waals surface area contributed by atoms with Crippen molar-refractivity contribution in [3.05, 3.63) is 24.2 Å². The highest BCUT2D eigenvalue weighted by Gasteiger charge is 2.49. The highest BCUT2D eigenvalue weighted by molar-refractivity contribution is 5.09. The molecule has 0 spiro atoms. The second-order valence-electron chi connectivity index (χ2n) is 5.47. The van der Waals surface area contributed by atoms with Crippen LogP contribution in [0, 0.1) is 5.41 Å². The first-order valence-electron chi connectivity index (χ1n) is 6.61. The van der Waals surface area contributed by atoms with Crippen molar-refractivity contribution in [2.75, 3.05) is 13.2 Å². The van der Waals surface area contributed by atoms with Gasteiger partial charge in [0.2, 0.25) is 0 Å². The molecule has 0 saturated heterocycles. The number of hydrogen-bond acceptors (Lipinski definition) is 4. The minimum Gasteiger partial charge on any atom is -0.468 e. The van der Waals surface area contributed by atoms with Crippen LogP contribution in [-0.2, 0) is 4.74 Å². The summed E-state index contributed by atoms with van der Waals surface area (Å²) in [6.07, 6.45) is 2.92. The van der Waals surface area contributed by atoms with Crippen molar-refractivity contribution < 1.29 is 14.3 Å². The molecule has 1 fully saturated rings. The summed E-state index contributed by atoms with van der Waals surface area (Å²) in [6, 6.07) is 3.94. The fraction of sp³-hybridized carbons (Fsp3) is 0.714. The third-order valence-electron chi connectivity index (χ3n) is 4.02. The molecular formula is C14H23NO3. The van der Waals surface area contributed by atoms with Crippen LogP contribution in [0.4, 0.5) is 0 Å². The van der Waals surface area contributed by atoms with E-state index < -0.39 is 0 Å². The fourth-order valence-corrected chi connectivity index (χ4v) is 2.61. The van der Waals surface area contributed by atoms with Gasteiger partial charge in [0, 0.05) is 18.1 Å². The molecule has 2 rings (SSSR count). The second-order valence-corrected chi connectivity index (χ2v) is 5.47. The van der Waals surface area contributed by atoms with Crippen LogP contribution < -0.4 is 5.32 Å². The fourth-order valence-electron chi connectivity index (χ4n) is 2.61. The predicted octanol–water partition coefficient (Wildman–Crippen LogP) is 2.11. The van der Waals surface area contributed by atoms with E-state index in [-0.39, 0.29) is 18.1 Å². The van der Waals surface area contributed by atoms with Crippen LogP contribution in [0.25, 0.3) is 0 Å². The molecule has 3 atom stereocenters. The molecule has 1 aromatic rings. The standard InChI is InChI=1S/C14H23NO3/c1-4-17-13-8-12(14(13,2)3)15-10(9-16)11-6-5-7-18-11/h5-7,10,12-13,15-16H,4,8-9H2,1-3H3/t10-,12-,13-/m1/s1. The summed E-state index contributed by atoms with van der Waals surface area (Å²) < 4.78 is 11.0. The van der Waals surface area contributed by atoms with Crippen LogP contribution in [0.2, 0.25) is 0 Å². The molecule has 1 aromatic heterocycles. The van der Waals surface area contributed by atoms with Gasteiger partial charge < -0.3 is 19.6 Å². The van der Waals surface area contributed by atoms with Gasteiger partial charge in [-0.1, -0.05) is 13.8 Å². The van der Waals surface area contributed by atoms with Gasteiger partial charge in [0.1, 0.15) is 5.76 Å².